The highest BCUT2D eigenvalue weighted by molar-refractivity contribution is 7.17. The molecule has 5 heteroatoms. The minimum Gasteiger partial charge on any atom is -0.465 e. The standard InChI is InChI=1S/C11H18N2O2S/c1-5-8(7(2)3)13-11-12-6-9(16-11)10(14)15-4/h6-8H,5H2,1-4H3,(H,12,13). The van der Waals surface area contributed by atoms with E-state index in [4.69, 9.17) is 0 Å². The maximum atomic E-state index is 11.2. The van der Waals surface area contributed by atoms with Crippen LogP contribution in [0.5, 0.6) is 0 Å². The van der Waals surface area contributed by atoms with Crippen LogP contribution in [0.4, 0.5) is 5.13 Å². The fourth-order valence-corrected chi connectivity index (χ4v) is 2.23. The number of carbonyl (C=O) groups is 1. The summed E-state index contributed by atoms with van der Waals surface area (Å²) in [5, 5.41) is 4.11. The number of carbonyl (C=O) groups excluding carboxylic acids is 1. The van der Waals surface area contributed by atoms with Crippen molar-refractivity contribution in [2.45, 2.75) is 33.2 Å². The van der Waals surface area contributed by atoms with Crippen LogP contribution in [0.3, 0.4) is 0 Å². The molecule has 0 radical (unpaired) electrons. The first-order chi connectivity index (χ1) is 7.58. The zero-order chi connectivity index (χ0) is 12.1. The summed E-state index contributed by atoms with van der Waals surface area (Å²) in [6.07, 6.45) is 2.58. The van der Waals surface area contributed by atoms with Gasteiger partial charge in [-0.15, -0.1) is 0 Å². The molecule has 0 aliphatic rings. The second-order valence-electron chi connectivity index (χ2n) is 3.92. The van der Waals surface area contributed by atoms with Crippen molar-refractivity contribution in [3.63, 3.8) is 0 Å². The predicted molar refractivity (Wildman–Crippen MR) is 66.0 cm³/mol. The highest BCUT2D eigenvalue weighted by atomic mass is 32.1. The number of hydrogen-bond acceptors (Lipinski definition) is 5. The fraction of sp³-hybridized carbons (Fsp3) is 0.636. The van der Waals surface area contributed by atoms with Gasteiger partial charge in [0.1, 0.15) is 4.88 Å². The van der Waals surface area contributed by atoms with E-state index in [0.717, 1.165) is 11.6 Å². The Morgan fingerprint density at radius 3 is 2.81 bits per heavy atom. The summed E-state index contributed by atoms with van der Waals surface area (Å²) in [4.78, 5) is 15.9. The molecule has 1 N–H and O–H groups in total. The van der Waals surface area contributed by atoms with Crippen molar-refractivity contribution < 1.29 is 9.53 Å². The molecule has 4 nitrogen and oxygen atoms in total. The second-order valence-corrected chi connectivity index (χ2v) is 4.95. The van der Waals surface area contributed by atoms with Crippen LogP contribution in [-0.2, 0) is 4.74 Å². The first-order valence-electron chi connectivity index (χ1n) is 5.39. The highest BCUT2D eigenvalue weighted by Gasteiger charge is 2.15. The van der Waals surface area contributed by atoms with Crippen LogP contribution in [0.15, 0.2) is 6.20 Å². The molecule has 1 heterocycles. The molecule has 0 spiro atoms. The van der Waals surface area contributed by atoms with E-state index in [1.54, 1.807) is 6.20 Å². The summed E-state index contributed by atoms with van der Waals surface area (Å²) in [7, 11) is 1.37. The lowest BCUT2D eigenvalue weighted by Crippen LogP contribution is -2.24. The van der Waals surface area contributed by atoms with E-state index in [9.17, 15) is 4.79 Å². The molecule has 0 aliphatic carbocycles. The van der Waals surface area contributed by atoms with Gasteiger partial charge in [0.05, 0.1) is 13.3 Å². The highest BCUT2D eigenvalue weighted by Crippen LogP contribution is 2.21. The van der Waals surface area contributed by atoms with Gasteiger partial charge in [0, 0.05) is 6.04 Å². The third-order valence-electron chi connectivity index (χ3n) is 2.45. The van der Waals surface area contributed by atoms with Crippen LogP contribution in [-0.4, -0.2) is 24.1 Å². The second kappa shape index (κ2) is 5.84. The Kier molecular flexibility index (Phi) is 4.73. The molecule has 1 aromatic heterocycles. The first-order valence-corrected chi connectivity index (χ1v) is 6.20. The smallest absolute Gasteiger partial charge is 0.349 e. The van der Waals surface area contributed by atoms with Crippen molar-refractivity contribution in [3.8, 4) is 0 Å². The van der Waals surface area contributed by atoms with Crippen LogP contribution in [0.1, 0.15) is 36.9 Å². The number of methoxy groups -OCH3 is 1. The van der Waals surface area contributed by atoms with Crippen LogP contribution < -0.4 is 5.32 Å². The van der Waals surface area contributed by atoms with Gasteiger partial charge >= 0.3 is 5.97 Å². The number of esters is 1. The lowest BCUT2D eigenvalue weighted by molar-refractivity contribution is 0.0606. The lowest BCUT2D eigenvalue weighted by atomic mass is 10.0. The van der Waals surface area contributed by atoms with Crippen molar-refractivity contribution in [2.24, 2.45) is 5.92 Å². The van der Waals surface area contributed by atoms with E-state index in [2.05, 4.69) is 35.8 Å². The number of aromatic nitrogens is 1. The molecule has 0 fully saturated rings. The number of nitrogens with one attached hydrogen (secondary N) is 1. The number of anilines is 1. The quantitative estimate of drug-likeness (QED) is 0.807. The van der Waals surface area contributed by atoms with Gasteiger partial charge in [0.25, 0.3) is 0 Å². The molecule has 0 bridgehead atoms. The van der Waals surface area contributed by atoms with E-state index in [-0.39, 0.29) is 5.97 Å². The monoisotopic (exact) mass is 242 g/mol. The summed E-state index contributed by atoms with van der Waals surface area (Å²) >= 11 is 1.33. The molecular formula is C11H18N2O2S. The van der Waals surface area contributed by atoms with Crippen molar-refractivity contribution >= 4 is 22.4 Å². The summed E-state index contributed by atoms with van der Waals surface area (Å²) in [5.41, 5.74) is 0. The van der Waals surface area contributed by atoms with Crippen LogP contribution in [0.2, 0.25) is 0 Å². The molecule has 0 amide bonds. The van der Waals surface area contributed by atoms with Gasteiger partial charge < -0.3 is 10.1 Å². The zero-order valence-electron chi connectivity index (χ0n) is 10.1. The number of rotatable bonds is 5. The summed E-state index contributed by atoms with van der Waals surface area (Å²) < 4.78 is 4.63. The van der Waals surface area contributed by atoms with E-state index in [1.807, 2.05) is 0 Å². The van der Waals surface area contributed by atoms with Crippen molar-refractivity contribution in [1.29, 1.82) is 0 Å². The Labute approximate surface area is 100 Å². The minimum absolute atomic E-state index is 0.330. The number of nitrogens with zero attached hydrogens (tertiary/aromatic N) is 1. The molecule has 1 unspecified atom stereocenters. The van der Waals surface area contributed by atoms with E-state index >= 15 is 0 Å². The zero-order valence-corrected chi connectivity index (χ0v) is 10.9. The van der Waals surface area contributed by atoms with Gasteiger partial charge in [-0.25, -0.2) is 9.78 Å². The molecule has 90 valence electrons. The van der Waals surface area contributed by atoms with E-state index < -0.39 is 0 Å². The van der Waals surface area contributed by atoms with Crippen molar-refractivity contribution in [3.05, 3.63) is 11.1 Å². The molecule has 1 atom stereocenters. The first kappa shape index (κ1) is 13.0. The van der Waals surface area contributed by atoms with Gasteiger partial charge in [-0.1, -0.05) is 32.1 Å². The predicted octanol–water partition coefficient (Wildman–Crippen LogP) is 2.78. The Balaban J connectivity index is 2.67. The molecular weight excluding hydrogens is 224 g/mol. The van der Waals surface area contributed by atoms with E-state index in [1.165, 1.54) is 18.4 Å². The summed E-state index contributed by atoms with van der Waals surface area (Å²) in [6, 6.07) is 0.386. The normalized spacial score (nSPS) is 12.6. The van der Waals surface area contributed by atoms with Gasteiger partial charge in [0.15, 0.2) is 5.13 Å². The molecule has 0 aliphatic heterocycles. The maximum absolute atomic E-state index is 11.2. The number of ether oxygens (including phenoxy) is 1. The third kappa shape index (κ3) is 3.20. The van der Waals surface area contributed by atoms with Crippen LogP contribution in [0, 0.1) is 5.92 Å². The van der Waals surface area contributed by atoms with Gasteiger partial charge in [-0.3, -0.25) is 0 Å². The summed E-state index contributed by atoms with van der Waals surface area (Å²) in [5.74, 6) is 0.207. The largest absolute Gasteiger partial charge is 0.465 e. The van der Waals surface area contributed by atoms with Gasteiger partial charge in [-0.2, -0.15) is 0 Å². The van der Waals surface area contributed by atoms with Gasteiger partial charge in [-0.05, 0) is 12.3 Å². The third-order valence-corrected chi connectivity index (χ3v) is 3.35. The SMILES string of the molecule is CCC(Nc1ncc(C(=O)OC)s1)C(C)C. The number of hydrogen-bond donors (Lipinski definition) is 1. The number of thiazole rings is 1. The molecule has 16 heavy (non-hydrogen) atoms. The molecule has 0 saturated heterocycles. The molecule has 0 saturated carbocycles. The Bertz CT molecular complexity index is 350. The van der Waals surface area contributed by atoms with E-state index in [0.29, 0.717) is 16.8 Å². The maximum Gasteiger partial charge on any atom is 0.349 e. The molecule has 0 aromatic carbocycles. The Hall–Kier alpha value is -1.10. The van der Waals surface area contributed by atoms with Gasteiger partial charge in [0.2, 0.25) is 0 Å². The average Bonchev–Trinajstić information content (AvgIpc) is 2.72. The molecule has 1 rings (SSSR count). The lowest BCUT2D eigenvalue weighted by Gasteiger charge is -2.19. The Morgan fingerprint density at radius 2 is 2.31 bits per heavy atom. The Morgan fingerprint density at radius 1 is 1.62 bits per heavy atom. The van der Waals surface area contributed by atoms with Crippen molar-refractivity contribution in [2.75, 3.05) is 12.4 Å². The fourth-order valence-electron chi connectivity index (χ4n) is 1.43. The minimum atomic E-state index is -0.330. The van der Waals surface area contributed by atoms with Crippen LogP contribution >= 0.6 is 11.3 Å². The average molecular weight is 242 g/mol. The molecule has 1 aromatic rings. The van der Waals surface area contributed by atoms with Crippen LogP contribution in [0.25, 0.3) is 0 Å². The van der Waals surface area contributed by atoms with Crippen molar-refractivity contribution in [1.82, 2.24) is 4.98 Å². The topological polar surface area (TPSA) is 51.2 Å². The summed E-state index contributed by atoms with van der Waals surface area (Å²) in [6.45, 7) is 6.46.